The van der Waals surface area contributed by atoms with Gasteiger partial charge < -0.3 is 16.2 Å². The molecule has 1 aromatic carbocycles. The Bertz CT molecular complexity index is 450. The summed E-state index contributed by atoms with van der Waals surface area (Å²) in [5.41, 5.74) is 9.31. The van der Waals surface area contributed by atoms with E-state index in [4.69, 9.17) is 16.2 Å². The van der Waals surface area contributed by atoms with Gasteiger partial charge in [0.1, 0.15) is 12.4 Å². The molecule has 0 aromatic heterocycles. The van der Waals surface area contributed by atoms with E-state index in [1.54, 1.807) is 0 Å². The average Bonchev–Trinajstić information content (AvgIpc) is 2.24. The van der Waals surface area contributed by atoms with E-state index >= 15 is 0 Å². The zero-order valence-corrected chi connectivity index (χ0v) is 13.5. The van der Waals surface area contributed by atoms with Crippen molar-refractivity contribution >= 4 is 45.9 Å². The normalized spacial score (nSPS) is 10.5. The van der Waals surface area contributed by atoms with Crippen molar-refractivity contribution in [3.8, 4) is 5.75 Å². The van der Waals surface area contributed by atoms with E-state index in [9.17, 15) is 13.2 Å². The minimum absolute atomic E-state index is 0. The van der Waals surface area contributed by atoms with Crippen LogP contribution in [0.25, 0.3) is 0 Å². The van der Waals surface area contributed by atoms with E-state index in [2.05, 4.69) is 20.9 Å². The Morgan fingerprint density at radius 3 is 2.47 bits per heavy atom. The van der Waals surface area contributed by atoms with E-state index in [1.165, 1.54) is 12.1 Å². The van der Waals surface area contributed by atoms with Crippen LogP contribution in [0.15, 0.2) is 27.7 Å². The summed E-state index contributed by atoms with van der Waals surface area (Å²) in [5, 5.41) is 0. The lowest BCUT2D eigenvalue weighted by molar-refractivity contribution is -0.139. The molecule has 0 aliphatic heterocycles. The van der Waals surface area contributed by atoms with E-state index in [1.807, 2.05) is 0 Å². The van der Waals surface area contributed by atoms with Gasteiger partial charge in [0.25, 0.3) is 0 Å². The van der Waals surface area contributed by atoms with Crippen LogP contribution >= 0.6 is 39.9 Å². The SMILES string of the molecule is I.NC(N)=NCCOc1ccc(Br)cc1C(F)(F)F. The van der Waals surface area contributed by atoms with Crippen LogP contribution < -0.4 is 16.2 Å². The van der Waals surface area contributed by atoms with Crippen LogP contribution in [0.5, 0.6) is 5.75 Å². The van der Waals surface area contributed by atoms with Crippen molar-refractivity contribution in [3.05, 3.63) is 28.2 Å². The summed E-state index contributed by atoms with van der Waals surface area (Å²) >= 11 is 2.98. The summed E-state index contributed by atoms with van der Waals surface area (Å²) in [6, 6.07) is 3.66. The third-order valence-electron chi connectivity index (χ3n) is 1.89. The number of benzene rings is 1. The molecule has 0 atom stereocenters. The number of aliphatic imine (C=N–C) groups is 1. The van der Waals surface area contributed by atoms with E-state index in [0.717, 1.165) is 6.07 Å². The van der Waals surface area contributed by atoms with Gasteiger partial charge >= 0.3 is 6.18 Å². The number of nitrogens with zero attached hydrogens (tertiary/aromatic N) is 1. The Morgan fingerprint density at radius 1 is 1.32 bits per heavy atom. The summed E-state index contributed by atoms with van der Waals surface area (Å²) in [7, 11) is 0. The van der Waals surface area contributed by atoms with Gasteiger partial charge in [-0.2, -0.15) is 13.2 Å². The number of alkyl halides is 3. The first-order valence-electron chi connectivity index (χ1n) is 4.85. The third-order valence-corrected chi connectivity index (χ3v) is 2.38. The molecule has 1 aromatic rings. The van der Waals surface area contributed by atoms with Crippen LogP contribution in [-0.2, 0) is 6.18 Å². The quantitative estimate of drug-likeness (QED) is 0.318. The molecule has 0 fully saturated rings. The fraction of sp³-hybridized carbons (Fsp3) is 0.300. The highest BCUT2D eigenvalue weighted by Crippen LogP contribution is 2.37. The van der Waals surface area contributed by atoms with E-state index in [0.29, 0.717) is 4.47 Å². The lowest BCUT2D eigenvalue weighted by Gasteiger charge is -2.13. The lowest BCUT2D eigenvalue weighted by atomic mass is 10.2. The number of hydrogen-bond donors (Lipinski definition) is 2. The molecule has 19 heavy (non-hydrogen) atoms. The number of ether oxygens (including phenoxy) is 1. The van der Waals surface area contributed by atoms with Crippen LogP contribution in [0.2, 0.25) is 0 Å². The molecule has 0 aliphatic rings. The van der Waals surface area contributed by atoms with E-state index < -0.39 is 11.7 Å². The van der Waals surface area contributed by atoms with Gasteiger partial charge in [0, 0.05) is 4.47 Å². The summed E-state index contributed by atoms with van der Waals surface area (Å²) in [4.78, 5) is 3.61. The maximum atomic E-state index is 12.7. The molecule has 4 nitrogen and oxygen atoms in total. The standard InChI is InChI=1S/C10H11BrF3N3O.HI/c11-6-1-2-8(7(5-6)10(12,13)14)18-4-3-17-9(15)16;/h1-2,5H,3-4H2,(H4,15,16,17);1H. The summed E-state index contributed by atoms with van der Waals surface area (Å²) in [6.45, 7) is 0.0539. The van der Waals surface area contributed by atoms with Gasteiger partial charge in [-0.1, -0.05) is 15.9 Å². The van der Waals surface area contributed by atoms with Crippen molar-refractivity contribution in [2.75, 3.05) is 13.2 Å². The molecule has 0 bridgehead atoms. The van der Waals surface area contributed by atoms with E-state index in [-0.39, 0.29) is 48.8 Å². The largest absolute Gasteiger partial charge is 0.491 e. The first kappa shape index (κ1) is 18.3. The Morgan fingerprint density at radius 2 is 1.95 bits per heavy atom. The summed E-state index contributed by atoms with van der Waals surface area (Å²) in [6.07, 6.45) is -4.48. The number of rotatable bonds is 4. The number of hydrogen-bond acceptors (Lipinski definition) is 2. The van der Waals surface area contributed by atoms with Gasteiger partial charge in [-0.15, -0.1) is 24.0 Å². The van der Waals surface area contributed by atoms with Crippen molar-refractivity contribution < 1.29 is 17.9 Å². The molecule has 0 spiro atoms. The molecule has 9 heteroatoms. The Labute approximate surface area is 133 Å². The van der Waals surface area contributed by atoms with Crippen LogP contribution in [0, 0.1) is 0 Å². The summed E-state index contributed by atoms with van der Waals surface area (Å²) < 4.78 is 43.4. The van der Waals surface area contributed by atoms with Gasteiger partial charge in [0.2, 0.25) is 0 Å². The van der Waals surface area contributed by atoms with Gasteiger partial charge in [-0.3, -0.25) is 4.99 Å². The molecule has 0 aliphatic carbocycles. The molecule has 0 saturated heterocycles. The monoisotopic (exact) mass is 453 g/mol. The third kappa shape index (κ3) is 6.32. The lowest BCUT2D eigenvalue weighted by Crippen LogP contribution is -2.23. The first-order valence-corrected chi connectivity index (χ1v) is 5.65. The molecule has 0 heterocycles. The van der Waals surface area contributed by atoms with Crippen molar-refractivity contribution in [1.82, 2.24) is 0 Å². The van der Waals surface area contributed by atoms with Crippen LogP contribution in [-0.4, -0.2) is 19.1 Å². The fourth-order valence-electron chi connectivity index (χ4n) is 1.18. The predicted molar refractivity (Wildman–Crippen MR) is 80.7 cm³/mol. The van der Waals surface area contributed by atoms with Crippen molar-refractivity contribution in [2.24, 2.45) is 16.5 Å². The maximum absolute atomic E-state index is 12.7. The van der Waals surface area contributed by atoms with Crippen LogP contribution in [0.4, 0.5) is 13.2 Å². The van der Waals surface area contributed by atoms with Gasteiger partial charge in [0.15, 0.2) is 5.96 Å². The second-order valence-corrected chi connectivity index (χ2v) is 4.21. The van der Waals surface area contributed by atoms with Crippen molar-refractivity contribution in [2.45, 2.75) is 6.18 Å². The molecule has 1 rings (SSSR count). The molecular formula is C10H12BrF3IN3O. The smallest absolute Gasteiger partial charge is 0.420 e. The number of guanidine groups is 1. The maximum Gasteiger partial charge on any atom is 0.420 e. The molecular weight excluding hydrogens is 442 g/mol. The topological polar surface area (TPSA) is 73.6 Å². The second-order valence-electron chi connectivity index (χ2n) is 3.29. The van der Waals surface area contributed by atoms with Crippen molar-refractivity contribution in [1.29, 1.82) is 0 Å². The highest BCUT2D eigenvalue weighted by molar-refractivity contribution is 14.0. The van der Waals surface area contributed by atoms with Crippen molar-refractivity contribution in [3.63, 3.8) is 0 Å². The summed E-state index contributed by atoms with van der Waals surface area (Å²) in [5.74, 6) is -0.387. The number of halogens is 5. The molecule has 0 amide bonds. The highest BCUT2D eigenvalue weighted by Gasteiger charge is 2.34. The average molecular weight is 454 g/mol. The zero-order chi connectivity index (χ0) is 13.8. The predicted octanol–water partition coefficient (Wildman–Crippen LogP) is 2.74. The van der Waals surface area contributed by atoms with Gasteiger partial charge in [0.05, 0.1) is 12.1 Å². The molecule has 0 radical (unpaired) electrons. The second kappa shape index (κ2) is 7.78. The minimum Gasteiger partial charge on any atom is -0.491 e. The molecule has 108 valence electrons. The number of nitrogens with two attached hydrogens (primary N) is 2. The van der Waals surface area contributed by atoms with Gasteiger partial charge in [-0.25, -0.2) is 0 Å². The van der Waals surface area contributed by atoms with Crippen LogP contribution in [0.3, 0.4) is 0 Å². The fourth-order valence-corrected chi connectivity index (χ4v) is 1.54. The Kier molecular flexibility index (Phi) is 7.49. The Balaban J connectivity index is 0.00000324. The first-order chi connectivity index (χ1) is 8.30. The molecule has 0 saturated carbocycles. The molecule has 0 unspecified atom stereocenters. The highest BCUT2D eigenvalue weighted by atomic mass is 127. The molecule has 4 N–H and O–H groups in total. The Hall–Kier alpha value is -0.710. The minimum atomic E-state index is -4.48. The zero-order valence-electron chi connectivity index (χ0n) is 9.58. The van der Waals surface area contributed by atoms with Crippen LogP contribution in [0.1, 0.15) is 5.56 Å². The van der Waals surface area contributed by atoms with Gasteiger partial charge in [-0.05, 0) is 18.2 Å².